The molecule has 3 aromatic carbocycles. The van der Waals surface area contributed by atoms with Crippen molar-refractivity contribution in [2.24, 2.45) is 0 Å². The maximum atomic E-state index is 13.1. The Morgan fingerprint density at radius 1 is 1.07 bits per heavy atom. The van der Waals surface area contributed by atoms with Gasteiger partial charge >= 0.3 is 0 Å². The van der Waals surface area contributed by atoms with Crippen molar-refractivity contribution in [3.05, 3.63) is 93.0 Å². The quantitative estimate of drug-likeness (QED) is 0.250. The summed E-state index contributed by atoms with van der Waals surface area (Å²) in [4.78, 5) is 43.4. The highest BCUT2D eigenvalue weighted by Crippen LogP contribution is 2.39. The number of rotatable bonds is 7. The van der Waals surface area contributed by atoms with Gasteiger partial charge in [0.05, 0.1) is 28.4 Å². The van der Waals surface area contributed by atoms with Gasteiger partial charge in [0.1, 0.15) is 5.69 Å². The van der Waals surface area contributed by atoms with E-state index in [1.807, 2.05) is 37.4 Å². The maximum absolute atomic E-state index is 13.1. The van der Waals surface area contributed by atoms with E-state index in [1.165, 1.54) is 11.0 Å². The molecule has 3 aromatic rings. The number of nitro benzene ring substituents is 1. The molecule has 5 rings (SSSR count). The van der Waals surface area contributed by atoms with E-state index in [1.54, 1.807) is 37.4 Å². The summed E-state index contributed by atoms with van der Waals surface area (Å²) in [7, 11) is 3.59. The lowest BCUT2D eigenvalue weighted by molar-refractivity contribution is -0.384. The molecule has 11 heteroatoms. The molecule has 0 saturated carbocycles. The van der Waals surface area contributed by atoms with Gasteiger partial charge in [0.2, 0.25) is 5.91 Å². The Morgan fingerprint density at radius 2 is 1.80 bits per heavy atom. The molecule has 2 aliphatic heterocycles. The SMILES string of the molecule is CN1CCN(CC(=O)N(C)c2ccc(N/C(=C3\C(=O)Nc4cc(Cl)ccc43)c3ccccc3)cc2[N+](=O)[O-])CC1. The topological polar surface area (TPSA) is 111 Å². The summed E-state index contributed by atoms with van der Waals surface area (Å²) in [5.41, 5.74) is 3.23. The molecular weight excluding hydrogens is 532 g/mol. The fourth-order valence-electron chi connectivity index (χ4n) is 4.89. The minimum absolute atomic E-state index is 0.185. The van der Waals surface area contributed by atoms with Crippen LogP contribution in [0.4, 0.5) is 22.7 Å². The Labute approximate surface area is 237 Å². The highest BCUT2D eigenvalue weighted by molar-refractivity contribution is 6.38. The molecule has 0 aliphatic carbocycles. The van der Waals surface area contributed by atoms with Gasteiger partial charge < -0.3 is 20.4 Å². The van der Waals surface area contributed by atoms with E-state index in [0.29, 0.717) is 33.2 Å². The van der Waals surface area contributed by atoms with E-state index >= 15 is 0 Å². The van der Waals surface area contributed by atoms with Gasteiger partial charge in [-0.2, -0.15) is 0 Å². The summed E-state index contributed by atoms with van der Waals surface area (Å²) in [6, 6.07) is 19.0. The molecule has 40 heavy (non-hydrogen) atoms. The zero-order valence-corrected chi connectivity index (χ0v) is 22.9. The van der Waals surface area contributed by atoms with E-state index < -0.39 is 4.92 Å². The molecule has 0 spiro atoms. The summed E-state index contributed by atoms with van der Waals surface area (Å²) in [5.74, 6) is -0.540. The van der Waals surface area contributed by atoms with E-state index in [2.05, 4.69) is 20.4 Å². The van der Waals surface area contributed by atoms with Crippen LogP contribution < -0.4 is 15.5 Å². The van der Waals surface area contributed by atoms with Gasteiger partial charge in [0.25, 0.3) is 11.6 Å². The monoisotopic (exact) mass is 560 g/mol. The number of halogens is 1. The van der Waals surface area contributed by atoms with Gasteiger partial charge in [-0.05, 0) is 36.9 Å². The van der Waals surface area contributed by atoms with Gasteiger partial charge in [0.15, 0.2) is 0 Å². The van der Waals surface area contributed by atoms with Gasteiger partial charge in [-0.25, -0.2) is 0 Å². The van der Waals surface area contributed by atoms with Crippen LogP contribution in [-0.4, -0.2) is 73.4 Å². The van der Waals surface area contributed by atoms with Crippen LogP contribution in [0.15, 0.2) is 66.7 Å². The van der Waals surface area contributed by atoms with Crippen LogP contribution in [-0.2, 0) is 9.59 Å². The second kappa shape index (κ2) is 11.5. The van der Waals surface area contributed by atoms with E-state index in [9.17, 15) is 19.7 Å². The standard InChI is InChI=1S/C29H29ClN6O4/c1-33-12-14-35(15-13-33)18-26(37)34(2)24-11-9-21(17-25(24)36(39)40)31-28(19-6-4-3-5-7-19)27-22-10-8-20(30)16-23(22)32-29(27)38/h3-11,16-17,31H,12-15,18H2,1-2H3,(H,32,38)/b28-27-. The zero-order valence-electron chi connectivity index (χ0n) is 22.2. The number of hydrogen-bond acceptors (Lipinski definition) is 7. The molecule has 2 heterocycles. The molecule has 1 fully saturated rings. The predicted molar refractivity (Wildman–Crippen MR) is 157 cm³/mol. The van der Waals surface area contributed by atoms with Crippen molar-refractivity contribution in [3.8, 4) is 0 Å². The number of nitrogens with one attached hydrogen (secondary N) is 2. The van der Waals surface area contributed by atoms with Crippen molar-refractivity contribution in [3.63, 3.8) is 0 Å². The maximum Gasteiger partial charge on any atom is 0.295 e. The molecule has 206 valence electrons. The van der Waals surface area contributed by atoms with E-state index in [0.717, 1.165) is 31.7 Å². The largest absolute Gasteiger partial charge is 0.354 e. The van der Waals surface area contributed by atoms with Crippen LogP contribution in [0.25, 0.3) is 11.3 Å². The number of piperazine rings is 1. The number of carbonyl (C=O) groups excluding carboxylic acids is 2. The van der Waals surface area contributed by atoms with Crippen LogP contribution in [0.2, 0.25) is 5.02 Å². The number of carbonyl (C=O) groups is 2. The fourth-order valence-corrected chi connectivity index (χ4v) is 5.06. The van der Waals surface area contributed by atoms with Gasteiger partial charge in [0, 0.05) is 55.6 Å². The van der Waals surface area contributed by atoms with Crippen LogP contribution in [0.3, 0.4) is 0 Å². The average Bonchev–Trinajstić information content (AvgIpc) is 3.27. The van der Waals surface area contributed by atoms with Crippen LogP contribution in [0.1, 0.15) is 11.1 Å². The predicted octanol–water partition coefficient (Wildman–Crippen LogP) is 4.39. The lowest BCUT2D eigenvalue weighted by atomic mass is 10.00. The highest BCUT2D eigenvalue weighted by atomic mass is 35.5. The minimum atomic E-state index is -0.505. The molecule has 0 bridgehead atoms. The molecule has 1 saturated heterocycles. The van der Waals surface area contributed by atoms with Gasteiger partial charge in [-0.1, -0.05) is 48.0 Å². The molecule has 2 N–H and O–H groups in total. The number of nitrogens with zero attached hydrogens (tertiary/aromatic N) is 4. The lowest BCUT2D eigenvalue weighted by Gasteiger charge is -2.32. The smallest absolute Gasteiger partial charge is 0.295 e. The fraction of sp³-hybridized carbons (Fsp3) is 0.241. The van der Waals surface area contributed by atoms with Crippen LogP contribution in [0.5, 0.6) is 0 Å². The number of hydrogen-bond donors (Lipinski definition) is 2. The van der Waals surface area contributed by atoms with Crippen molar-refractivity contribution in [1.29, 1.82) is 0 Å². The number of nitro groups is 1. The second-order valence-electron chi connectivity index (χ2n) is 9.88. The first kappa shape index (κ1) is 27.3. The number of likely N-dealkylation sites (N-methyl/N-ethyl adjacent to an activating group) is 2. The van der Waals surface area contributed by atoms with Crippen molar-refractivity contribution in [2.75, 3.05) is 62.4 Å². The summed E-state index contributed by atoms with van der Waals surface area (Å²) in [5, 5.41) is 18.7. The third-order valence-corrected chi connectivity index (χ3v) is 7.41. The van der Waals surface area contributed by atoms with Crippen molar-refractivity contribution < 1.29 is 14.5 Å². The first-order valence-electron chi connectivity index (χ1n) is 12.8. The second-order valence-corrected chi connectivity index (χ2v) is 10.3. The van der Waals surface area contributed by atoms with Crippen LogP contribution in [0, 0.1) is 10.1 Å². The lowest BCUT2D eigenvalue weighted by Crippen LogP contribution is -2.48. The Balaban J connectivity index is 1.48. The van der Waals surface area contributed by atoms with Crippen molar-refractivity contribution in [1.82, 2.24) is 9.80 Å². The Hall–Kier alpha value is -4.25. The molecule has 0 aromatic heterocycles. The molecule has 2 aliphatic rings. The molecular formula is C29H29ClN6O4. The van der Waals surface area contributed by atoms with Gasteiger partial charge in [-0.3, -0.25) is 24.6 Å². The van der Waals surface area contributed by atoms with Gasteiger partial charge in [-0.15, -0.1) is 0 Å². The molecule has 2 amide bonds. The Kier molecular flexibility index (Phi) is 7.83. The molecule has 0 unspecified atom stereocenters. The van der Waals surface area contributed by atoms with Crippen molar-refractivity contribution in [2.45, 2.75) is 0 Å². The third-order valence-electron chi connectivity index (χ3n) is 7.17. The van der Waals surface area contributed by atoms with Crippen molar-refractivity contribution >= 4 is 57.4 Å². The number of benzene rings is 3. The Bertz CT molecular complexity index is 1500. The summed E-state index contributed by atoms with van der Waals surface area (Å²) in [6.07, 6.45) is 0. The highest BCUT2D eigenvalue weighted by Gasteiger charge is 2.30. The average molecular weight is 561 g/mol. The molecule has 0 radical (unpaired) electrons. The van der Waals surface area contributed by atoms with Crippen LogP contribution >= 0.6 is 11.6 Å². The number of fused-ring (bicyclic) bond motifs is 1. The molecule has 10 nitrogen and oxygen atoms in total. The van der Waals surface area contributed by atoms with E-state index in [4.69, 9.17) is 11.6 Å². The first-order valence-corrected chi connectivity index (χ1v) is 13.2. The first-order chi connectivity index (χ1) is 19.2. The van der Waals surface area contributed by atoms with E-state index in [-0.39, 0.29) is 29.7 Å². The summed E-state index contributed by atoms with van der Waals surface area (Å²) >= 11 is 6.14. The normalized spacial score (nSPS) is 16.7. The number of amides is 2. The molecule has 0 atom stereocenters. The third kappa shape index (κ3) is 5.69. The number of anilines is 3. The summed E-state index contributed by atoms with van der Waals surface area (Å²) < 4.78 is 0. The Morgan fingerprint density at radius 3 is 2.50 bits per heavy atom. The summed E-state index contributed by atoms with van der Waals surface area (Å²) in [6.45, 7) is 3.45. The zero-order chi connectivity index (χ0) is 28.4. The minimum Gasteiger partial charge on any atom is -0.354 e.